The standard InChI is InChI=1S/C18H14N4O2S/c19-9-10-25-16-8-4-3-7-15(16)21-17(23)11-22-12-20-14-6-2-1-5-13(14)18(22)24/h1-8,12H,10-11H2,(H,21,23). The number of amides is 1. The number of anilines is 1. The van der Waals surface area contributed by atoms with Crippen molar-refractivity contribution in [1.29, 1.82) is 5.26 Å². The highest BCUT2D eigenvalue weighted by atomic mass is 32.2. The molecule has 124 valence electrons. The summed E-state index contributed by atoms with van der Waals surface area (Å²) in [4.78, 5) is 29.8. The summed E-state index contributed by atoms with van der Waals surface area (Å²) in [6.45, 7) is -0.131. The Kier molecular flexibility index (Phi) is 5.11. The summed E-state index contributed by atoms with van der Waals surface area (Å²) in [7, 11) is 0. The quantitative estimate of drug-likeness (QED) is 0.715. The Morgan fingerprint density at radius 2 is 1.96 bits per heavy atom. The van der Waals surface area contributed by atoms with Gasteiger partial charge in [0.15, 0.2) is 0 Å². The van der Waals surface area contributed by atoms with Gasteiger partial charge in [-0.25, -0.2) is 4.98 Å². The summed E-state index contributed by atoms with van der Waals surface area (Å²) in [5, 5.41) is 12.0. The molecule has 0 aliphatic carbocycles. The Bertz CT molecular complexity index is 1020. The van der Waals surface area contributed by atoms with Gasteiger partial charge in [-0.1, -0.05) is 24.3 Å². The van der Waals surface area contributed by atoms with Gasteiger partial charge in [-0.3, -0.25) is 14.2 Å². The topological polar surface area (TPSA) is 87.8 Å². The van der Waals surface area contributed by atoms with Gasteiger partial charge in [-0.15, -0.1) is 11.8 Å². The fraction of sp³-hybridized carbons (Fsp3) is 0.111. The first-order chi connectivity index (χ1) is 12.2. The Labute approximate surface area is 148 Å². The number of aromatic nitrogens is 2. The van der Waals surface area contributed by atoms with E-state index in [2.05, 4.69) is 16.4 Å². The monoisotopic (exact) mass is 350 g/mol. The molecule has 0 spiro atoms. The van der Waals surface area contributed by atoms with E-state index < -0.39 is 0 Å². The van der Waals surface area contributed by atoms with Gasteiger partial charge >= 0.3 is 0 Å². The van der Waals surface area contributed by atoms with Crippen LogP contribution in [0.15, 0.2) is 64.5 Å². The van der Waals surface area contributed by atoms with E-state index in [-0.39, 0.29) is 18.0 Å². The highest BCUT2D eigenvalue weighted by Gasteiger charge is 2.10. The van der Waals surface area contributed by atoms with Crippen LogP contribution in [0, 0.1) is 11.3 Å². The van der Waals surface area contributed by atoms with Gasteiger partial charge in [0.1, 0.15) is 6.54 Å². The maximum atomic E-state index is 12.4. The van der Waals surface area contributed by atoms with Crippen molar-refractivity contribution < 1.29 is 4.79 Å². The lowest BCUT2D eigenvalue weighted by molar-refractivity contribution is -0.116. The van der Waals surface area contributed by atoms with Crippen LogP contribution in [-0.2, 0) is 11.3 Å². The molecule has 7 heteroatoms. The molecule has 3 aromatic rings. The average molecular weight is 350 g/mol. The molecular weight excluding hydrogens is 336 g/mol. The zero-order chi connectivity index (χ0) is 17.6. The number of rotatable bonds is 5. The van der Waals surface area contributed by atoms with Gasteiger partial charge in [-0.05, 0) is 24.3 Å². The summed E-state index contributed by atoms with van der Waals surface area (Å²) in [5.74, 6) is -0.0369. The number of hydrogen-bond donors (Lipinski definition) is 1. The third-order valence-electron chi connectivity index (χ3n) is 3.50. The lowest BCUT2D eigenvalue weighted by Crippen LogP contribution is -2.28. The van der Waals surface area contributed by atoms with E-state index in [0.29, 0.717) is 22.3 Å². The minimum Gasteiger partial charge on any atom is -0.324 e. The molecule has 1 amide bonds. The van der Waals surface area contributed by atoms with Crippen LogP contribution in [0.1, 0.15) is 0 Å². The molecule has 1 aromatic heterocycles. The molecule has 2 aromatic carbocycles. The van der Waals surface area contributed by atoms with E-state index in [1.165, 1.54) is 22.7 Å². The number of carbonyl (C=O) groups is 1. The van der Waals surface area contributed by atoms with E-state index in [0.717, 1.165) is 4.90 Å². The molecule has 0 saturated carbocycles. The molecule has 25 heavy (non-hydrogen) atoms. The Hall–Kier alpha value is -3.11. The van der Waals surface area contributed by atoms with Crippen LogP contribution in [0.5, 0.6) is 0 Å². The van der Waals surface area contributed by atoms with Gasteiger partial charge in [0, 0.05) is 4.90 Å². The number of fused-ring (bicyclic) bond motifs is 1. The van der Waals surface area contributed by atoms with Crippen molar-refractivity contribution in [3.05, 3.63) is 65.2 Å². The molecule has 1 heterocycles. The molecule has 0 saturated heterocycles. The second kappa shape index (κ2) is 7.64. The van der Waals surface area contributed by atoms with Crippen LogP contribution in [0.3, 0.4) is 0 Å². The summed E-state index contributed by atoms with van der Waals surface area (Å²) >= 11 is 1.34. The van der Waals surface area contributed by atoms with Crippen molar-refractivity contribution in [2.24, 2.45) is 0 Å². The highest BCUT2D eigenvalue weighted by Crippen LogP contribution is 2.26. The molecule has 6 nitrogen and oxygen atoms in total. The molecule has 0 fully saturated rings. The van der Waals surface area contributed by atoms with E-state index in [1.807, 2.05) is 18.2 Å². The predicted octanol–water partition coefficient (Wildman–Crippen LogP) is 2.65. The smallest absolute Gasteiger partial charge is 0.261 e. The zero-order valence-corrected chi connectivity index (χ0v) is 14.0. The molecule has 0 aliphatic heterocycles. The maximum absolute atomic E-state index is 12.4. The molecule has 1 N–H and O–H groups in total. The van der Waals surface area contributed by atoms with Crippen LogP contribution in [0.4, 0.5) is 5.69 Å². The van der Waals surface area contributed by atoms with Crippen molar-refractivity contribution in [3.63, 3.8) is 0 Å². The minimum absolute atomic E-state index is 0.131. The van der Waals surface area contributed by atoms with Crippen LogP contribution < -0.4 is 10.9 Å². The molecule has 0 bridgehead atoms. The summed E-state index contributed by atoms with van der Waals surface area (Å²) < 4.78 is 1.28. The molecule has 3 rings (SSSR count). The van der Waals surface area contributed by atoms with Crippen molar-refractivity contribution in [1.82, 2.24) is 9.55 Å². The second-order valence-corrected chi connectivity index (χ2v) is 6.20. The molecule has 0 unspecified atom stereocenters. The largest absolute Gasteiger partial charge is 0.324 e. The average Bonchev–Trinajstić information content (AvgIpc) is 2.63. The lowest BCUT2D eigenvalue weighted by atomic mass is 10.2. The van der Waals surface area contributed by atoms with Crippen molar-refractivity contribution in [2.45, 2.75) is 11.4 Å². The van der Waals surface area contributed by atoms with Crippen LogP contribution in [0.2, 0.25) is 0 Å². The van der Waals surface area contributed by atoms with Gasteiger partial charge in [-0.2, -0.15) is 5.26 Å². The molecule has 0 aliphatic rings. The first-order valence-electron chi connectivity index (χ1n) is 7.52. The van der Waals surface area contributed by atoms with Crippen LogP contribution in [-0.4, -0.2) is 21.2 Å². The number of thioether (sulfide) groups is 1. The van der Waals surface area contributed by atoms with E-state index in [1.54, 1.807) is 30.3 Å². The maximum Gasteiger partial charge on any atom is 0.261 e. The fourth-order valence-corrected chi connectivity index (χ4v) is 3.04. The third kappa shape index (κ3) is 3.87. The Morgan fingerprint density at radius 3 is 2.80 bits per heavy atom. The summed E-state index contributed by atoms with van der Waals surface area (Å²) in [5.41, 5.74) is 0.963. The van der Waals surface area contributed by atoms with E-state index >= 15 is 0 Å². The number of hydrogen-bond acceptors (Lipinski definition) is 5. The summed E-state index contributed by atoms with van der Waals surface area (Å²) in [6.07, 6.45) is 1.38. The van der Waals surface area contributed by atoms with Crippen LogP contribution in [0.25, 0.3) is 10.9 Å². The van der Waals surface area contributed by atoms with Crippen molar-refractivity contribution in [2.75, 3.05) is 11.1 Å². The van der Waals surface area contributed by atoms with E-state index in [4.69, 9.17) is 5.26 Å². The second-order valence-electron chi connectivity index (χ2n) is 5.19. The van der Waals surface area contributed by atoms with Crippen LogP contribution >= 0.6 is 11.8 Å². The number of benzene rings is 2. The Balaban J connectivity index is 1.79. The summed E-state index contributed by atoms with van der Waals surface area (Å²) in [6, 6.07) is 16.3. The van der Waals surface area contributed by atoms with Gasteiger partial charge in [0.25, 0.3) is 5.56 Å². The Morgan fingerprint density at radius 1 is 1.20 bits per heavy atom. The number of nitrogens with one attached hydrogen (secondary N) is 1. The van der Waals surface area contributed by atoms with Crippen molar-refractivity contribution in [3.8, 4) is 6.07 Å². The fourth-order valence-electron chi connectivity index (χ4n) is 2.37. The van der Waals surface area contributed by atoms with Gasteiger partial charge in [0.2, 0.25) is 5.91 Å². The molecular formula is C18H14N4O2S. The number of nitriles is 1. The zero-order valence-electron chi connectivity index (χ0n) is 13.2. The SMILES string of the molecule is N#CCSc1ccccc1NC(=O)Cn1cnc2ccccc2c1=O. The number of nitrogens with zero attached hydrogens (tertiary/aromatic N) is 3. The van der Waals surface area contributed by atoms with Gasteiger partial charge in [0.05, 0.1) is 34.7 Å². The lowest BCUT2D eigenvalue weighted by Gasteiger charge is -2.11. The normalized spacial score (nSPS) is 10.4. The number of carbonyl (C=O) groups excluding carboxylic acids is 1. The first kappa shape index (κ1) is 16.7. The first-order valence-corrected chi connectivity index (χ1v) is 8.50. The molecule has 0 radical (unpaired) electrons. The predicted molar refractivity (Wildman–Crippen MR) is 97.4 cm³/mol. The van der Waals surface area contributed by atoms with Gasteiger partial charge < -0.3 is 5.32 Å². The minimum atomic E-state index is -0.329. The van der Waals surface area contributed by atoms with E-state index in [9.17, 15) is 9.59 Å². The highest BCUT2D eigenvalue weighted by molar-refractivity contribution is 7.99. The van der Waals surface area contributed by atoms with Crippen molar-refractivity contribution >= 4 is 34.3 Å². The number of para-hydroxylation sites is 2. The third-order valence-corrected chi connectivity index (χ3v) is 4.44. The molecule has 0 atom stereocenters.